The zero-order valence-electron chi connectivity index (χ0n) is 12.9. The number of sulfonamides is 1. The number of rotatable bonds is 8. The molecule has 0 radical (unpaired) electrons. The van der Waals surface area contributed by atoms with Crippen LogP contribution in [0.3, 0.4) is 0 Å². The molecule has 0 amide bonds. The lowest BCUT2D eigenvalue weighted by Crippen LogP contribution is -2.34. The molecule has 5 heteroatoms. The van der Waals surface area contributed by atoms with Crippen molar-refractivity contribution in [1.82, 2.24) is 9.62 Å². The van der Waals surface area contributed by atoms with E-state index in [-0.39, 0.29) is 5.75 Å². The first-order valence-electron chi connectivity index (χ1n) is 7.09. The van der Waals surface area contributed by atoms with Gasteiger partial charge in [0.25, 0.3) is 0 Å². The normalized spacial score (nSPS) is 12.3. The predicted molar refractivity (Wildman–Crippen MR) is 83.9 cm³/mol. The molecule has 0 aliphatic carbocycles. The summed E-state index contributed by atoms with van der Waals surface area (Å²) in [6, 6.07) is 7.74. The molecule has 0 heterocycles. The Morgan fingerprint density at radius 1 is 1.25 bits per heavy atom. The maximum Gasteiger partial charge on any atom is 0.218 e. The summed E-state index contributed by atoms with van der Waals surface area (Å²) < 4.78 is 26.5. The van der Waals surface area contributed by atoms with Crippen LogP contribution in [0, 0.1) is 5.92 Å². The summed E-state index contributed by atoms with van der Waals surface area (Å²) >= 11 is 0. The molecule has 1 aromatic carbocycles. The Kier molecular flexibility index (Phi) is 6.65. The second-order valence-corrected chi connectivity index (χ2v) is 7.42. The largest absolute Gasteiger partial charge is 0.316 e. The molecular weight excluding hydrogens is 272 g/mol. The quantitative estimate of drug-likeness (QED) is 0.800. The van der Waals surface area contributed by atoms with Crippen LogP contribution in [0.4, 0.5) is 0 Å². The van der Waals surface area contributed by atoms with Gasteiger partial charge >= 0.3 is 0 Å². The van der Waals surface area contributed by atoms with Gasteiger partial charge in [-0.25, -0.2) is 12.7 Å². The Balaban J connectivity index is 2.86. The highest BCUT2D eigenvalue weighted by Crippen LogP contribution is 2.14. The summed E-state index contributed by atoms with van der Waals surface area (Å²) in [5, 5.41) is 3.07. The minimum Gasteiger partial charge on any atom is -0.316 e. The highest BCUT2D eigenvalue weighted by atomic mass is 32.2. The maximum atomic E-state index is 12.4. The van der Waals surface area contributed by atoms with Crippen molar-refractivity contribution >= 4 is 10.0 Å². The molecule has 1 aromatic rings. The minimum absolute atomic E-state index is 0.0745. The molecule has 0 bridgehead atoms. The van der Waals surface area contributed by atoms with E-state index in [9.17, 15) is 8.42 Å². The predicted octanol–water partition coefficient (Wildman–Crippen LogP) is 2.21. The van der Waals surface area contributed by atoms with E-state index in [0.29, 0.717) is 19.0 Å². The highest BCUT2D eigenvalue weighted by molar-refractivity contribution is 7.88. The van der Waals surface area contributed by atoms with Crippen molar-refractivity contribution in [3.63, 3.8) is 0 Å². The van der Waals surface area contributed by atoms with E-state index in [0.717, 1.165) is 17.7 Å². The van der Waals surface area contributed by atoms with E-state index in [4.69, 9.17) is 0 Å². The van der Waals surface area contributed by atoms with Crippen molar-refractivity contribution in [2.45, 2.75) is 33.1 Å². The fraction of sp³-hybridized carbons (Fsp3) is 0.600. The van der Waals surface area contributed by atoms with Crippen LogP contribution >= 0.6 is 0 Å². The molecule has 0 saturated heterocycles. The van der Waals surface area contributed by atoms with Gasteiger partial charge in [0.05, 0.1) is 5.75 Å². The molecule has 1 N–H and O–H groups in total. The van der Waals surface area contributed by atoms with Crippen LogP contribution in [-0.4, -0.2) is 32.9 Å². The molecule has 0 saturated carbocycles. The van der Waals surface area contributed by atoms with Crippen LogP contribution in [0.1, 0.15) is 31.9 Å². The van der Waals surface area contributed by atoms with Crippen molar-refractivity contribution in [2.75, 3.05) is 20.1 Å². The zero-order chi connectivity index (χ0) is 15.2. The average molecular weight is 298 g/mol. The minimum atomic E-state index is -3.24. The monoisotopic (exact) mass is 298 g/mol. The summed E-state index contributed by atoms with van der Waals surface area (Å²) in [7, 11) is -1.36. The van der Waals surface area contributed by atoms with Gasteiger partial charge < -0.3 is 5.32 Å². The van der Waals surface area contributed by atoms with Crippen molar-refractivity contribution in [3.05, 3.63) is 35.4 Å². The molecule has 1 rings (SSSR count). The van der Waals surface area contributed by atoms with Gasteiger partial charge in [-0.05, 0) is 24.1 Å². The third kappa shape index (κ3) is 5.23. The molecule has 0 fully saturated rings. The van der Waals surface area contributed by atoms with Crippen molar-refractivity contribution in [1.29, 1.82) is 0 Å². The van der Waals surface area contributed by atoms with E-state index in [1.54, 1.807) is 4.31 Å². The van der Waals surface area contributed by atoms with Crippen LogP contribution < -0.4 is 5.32 Å². The number of nitrogens with zero attached hydrogens (tertiary/aromatic N) is 1. The lowest BCUT2D eigenvalue weighted by Gasteiger charge is -2.22. The Hall–Kier alpha value is -0.910. The topological polar surface area (TPSA) is 49.4 Å². The van der Waals surface area contributed by atoms with Crippen LogP contribution in [0.5, 0.6) is 0 Å². The number of nitrogens with one attached hydrogen (secondary N) is 1. The third-order valence-corrected chi connectivity index (χ3v) is 4.93. The van der Waals surface area contributed by atoms with E-state index < -0.39 is 10.0 Å². The highest BCUT2D eigenvalue weighted by Gasteiger charge is 2.21. The van der Waals surface area contributed by atoms with Gasteiger partial charge in [-0.2, -0.15) is 0 Å². The summed E-state index contributed by atoms with van der Waals surface area (Å²) in [5.74, 6) is 0.408. The van der Waals surface area contributed by atoms with Crippen molar-refractivity contribution in [2.24, 2.45) is 5.92 Å². The molecule has 0 unspecified atom stereocenters. The van der Waals surface area contributed by atoms with Crippen LogP contribution in [0.25, 0.3) is 0 Å². The van der Waals surface area contributed by atoms with Crippen LogP contribution in [0.2, 0.25) is 0 Å². The van der Waals surface area contributed by atoms with Gasteiger partial charge in [0.1, 0.15) is 0 Å². The standard InChI is InChI=1S/C15H26N2O2S/c1-5-17(11-13(2)3)20(18,19)12-15-8-6-7-14(9-15)10-16-4/h6-9,13,16H,5,10-12H2,1-4H3. The average Bonchev–Trinajstić information content (AvgIpc) is 2.35. The SMILES string of the molecule is CCN(CC(C)C)S(=O)(=O)Cc1cccc(CNC)c1. The lowest BCUT2D eigenvalue weighted by molar-refractivity contribution is 0.380. The first kappa shape index (κ1) is 17.1. The molecule has 0 aliphatic heterocycles. The molecular formula is C15H26N2O2S. The number of hydrogen-bond acceptors (Lipinski definition) is 3. The second-order valence-electron chi connectivity index (χ2n) is 5.45. The first-order valence-corrected chi connectivity index (χ1v) is 8.70. The zero-order valence-corrected chi connectivity index (χ0v) is 13.7. The first-order chi connectivity index (χ1) is 9.39. The Labute approximate surface area is 123 Å². The van der Waals surface area contributed by atoms with Crippen molar-refractivity contribution in [3.8, 4) is 0 Å². The Bertz CT molecular complexity index is 512. The van der Waals surface area contributed by atoms with E-state index in [1.807, 2.05) is 52.1 Å². The fourth-order valence-electron chi connectivity index (χ4n) is 2.18. The van der Waals surface area contributed by atoms with Gasteiger partial charge in [0.15, 0.2) is 0 Å². The van der Waals surface area contributed by atoms with Gasteiger partial charge in [-0.1, -0.05) is 45.0 Å². The van der Waals surface area contributed by atoms with E-state index >= 15 is 0 Å². The van der Waals surface area contributed by atoms with Gasteiger partial charge in [0, 0.05) is 19.6 Å². The van der Waals surface area contributed by atoms with Crippen LogP contribution in [-0.2, 0) is 22.3 Å². The summed E-state index contributed by atoms with van der Waals surface area (Å²) in [4.78, 5) is 0. The Morgan fingerprint density at radius 2 is 1.90 bits per heavy atom. The smallest absolute Gasteiger partial charge is 0.218 e. The molecule has 20 heavy (non-hydrogen) atoms. The van der Waals surface area contributed by atoms with Gasteiger partial charge in [-0.15, -0.1) is 0 Å². The van der Waals surface area contributed by atoms with Crippen LogP contribution in [0.15, 0.2) is 24.3 Å². The molecule has 0 aromatic heterocycles. The summed E-state index contributed by atoms with van der Waals surface area (Å²) in [6.07, 6.45) is 0. The number of benzene rings is 1. The fourth-order valence-corrected chi connectivity index (χ4v) is 3.88. The molecule has 0 spiro atoms. The third-order valence-electron chi connectivity index (χ3n) is 3.04. The van der Waals surface area contributed by atoms with E-state index in [2.05, 4.69) is 5.32 Å². The molecule has 0 atom stereocenters. The maximum absolute atomic E-state index is 12.4. The lowest BCUT2D eigenvalue weighted by atomic mass is 10.1. The van der Waals surface area contributed by atoms with Gasteiger partial charge in [0.2, 0.25) is 10.0 Å². The Morgan fingerprint density at radius 3 is 2.45 bits per heavy atom. The molecule has 4 nitrogen and oxygen atoms in total. The number of hydrogen-bond donors (Lipinski definition) is 1. The van der Waals surface area contributed by atoms with Gasteiger partial charge in [-0.3, -0.25) is 0 Å². The molecule has 0 aliphatic rings. The summed E-state index contributed by atoms with van der Waals surface area (Å²) in [6.45, 7) is 7.80. The molecule has 114 valence electrons. The van der Waals surface area contributed by atoms with Crippen molar-refractivity contribution < 1.29 is 8.42 Å². The second kappa shape index (κ2) is 7.76. The summed E-state index contributed by atoms with van der Waals surface area (Å²) in [5.41, 5.74) is 1.95. The van der Waals surface area contributed by atoms with E-state index in [1.165, 1.54) is 0 Å².